The van der Waals surface area contributed by atoms with Crippen molar-refractivity contribution in [2.24, 2.45) is 5.92 Å². The summed E-state index contributed by atoms with van der Waals surface area (Å²) in [4.78, 5) is 18.8. The van der Waals surface area contributed by atoms with Crippen LogP contribution in [0.5, 0.6) is 0 Å². The number of benzene rings is 1. The summed E-state index contributed by atoms with van der Waals surface area (Å²) in [6, 6.07) is 4.70. The van der Waals surface area contributed by atoms with E-state index < -0.39 is 0 Å². The fraction of sp³-hybridized carbons (Fsp3) is 0.632. The first-order valence-corrected chi connectivity index (χ1v) is 9.35. The zero-order chi connectivity index (χ0) is 17.8. The molecule has 2 amide bonds. The van der Waals surface area contributed by atoms with Gasteiger partial charge in [0.25, 0.3) is 0 Å². The van der Waals surface area contributed by atoms with Crippen LogP contribution in [0.4, 0.5) is 20.6 Å². The van der Waals surface area contributed by atoms with Crippen LogP contribution >= 0.6 is 0 Å². The minimum atomic E-state index is -0.302. The second kappa shape index (κ2) is 8.04. The lowest BCUT2D eigenvalue weighted by atomic mass is 10.1. The van der Waals surface area contributed by atoms with Crippen molar-refractivity contribution in [2.75, 3.05) is 56.5 Å². The summed E-state index contributed by atoms with van der Waals surface area (Å²) in [5, 5.41) is 2.88. The molecule has 0 aromatic heterocycles. The SMILES string of the molecule is CCN(C)C[C@H]1CCN(C(=O)Nc2cc(F)cc(N3CCCC3)c2)C1. The molecular formula is C19H29FN4O. The quantitative estimate of drug-likeness (QED) is 0.888. The van der Waals surface area contributed by atoms with Gasteiger partial charge in [-0.25, -0.2) is 9.18 Å². The van der Waals surface area contributed by atoms with Crippen LogP contribution in [-0.2, 0) is 0 Å². The molecule has 2 fully saturated rings. The first-order valence-electron chi connectivity index (χ1n) is 9.35. The lowest BCUT2D eigenvalue weighted by Crippen LogP contribution is -2.34. The minimum absolute atomic E-state index is 0.125. The fourth-order valence-corrected chi connectivity index (χ4v) is 3.74. The van der Waals surface area contributed by atoms with Gasteiger partial charge in [0.2, 0.25) is 0 Å². The van der Waals surface area contributed by atoms with E-state index in [2.05, 4.69) is 29.1 Å². The van der Waals surface area contributed by atoms with Crippen LogP contribution in [0.3, 0.4) is 0 Å². The third kappa shape index (κ3) is 4.63. The summed E-state index contributed by atoms with van der Waals surface area (Å²) in [7, 11) is 2.11. The van der Waals surface area contributed by atoms with Gasteiger partial charge in [0, 0.05) is 44.1 Å². The van der Waals surface area contributed by atoms with Crippen molar-refractivity contribution < 1.29 is 9.18 Å². The largest absolute Gasteiger partial charge is 0.371 e. The Balaban J connectivity index is 1.59. The molecule has 1 atom stereocenters. The molecule has 0 saturated carbocycles. The summed E-state index contributed by atoms with van der Waals surface area (Å²) in [5.74, 6) is 0.215. The van der Waals surface area contributed by atoms with Gasteiger partial charge in [0.05, 0.1) is 0 Å². The highest BCUT2D eigenvalue weighted by Gasteiger charge is 2.27. The molecule has 2 saturated heterocycles. The van der Waals surface area contributed by atoms with Crippen LogP contribution < -0.4 is 10.2 Å². The Morgan fingerprint density at radius 2 is 2.04 bits per heavy atom. The Hall–Kier alpha value is -1.82. The van der Waals surface area contributed by atoms with Crippen LogP contribution in [0, 0.1) is 11.7 Å². The summed E-state index contributed by atoms with van der Waals surface area (Å²) in [6.07, 6.45) is 3.30. The summed E-state index contributed by atoms with van der Waals surface area (Å²) in [6.45, 7) is 7.62. The molecule has 5 nitrogen and oxygen atoms in total. The van der Waals surface area contributed by atoms with Crippen LogP contribution in [-0.4, -0.2) is 62.1 Å². The number of amides is 2. The third-order valence-corrected chi connectivity index (χ3v) is 5.29. The summed E-state index contributed by atoms with van der Waals surface area (Å²) in [5.41, 5.74) is 1.40. The maximum Gasteiger partial charge on any atom is 0.321 e. The highest BCUT2D eigenvalue weighted by molar-refractivity contribution is 5.90. The van der Waals surface area contributed by atoms with Gasteiger partial charge < -0.3 is 20.0 Å². The molecule has 0 radical (unpaired) electrons. The molecule has 25 heavy (non-hydrogen) atoms. The molecule has 2 heterocycles. The van der Waals surface area contributed by atoms with Crippen molar-refractivity contribution in [3.8, 4) is 0 Å². The standard InChI is InChI=1S/C19H29FN4O/c1-3-22(2)13-15-6-9-24(14-15)19(25)21-17-10-16(20)11-18(12-17)23-7-4-5-8-23/h10-12,15H,3-9,13-14H2,1-2H3,(H,21,25)/t15-/m1/s1. The van der Waals surface area contributed by atoms with Crippen LogP contribution in [0.15, 0.2) is 18.2 Å². The number of rotatable bonds is 5. The van der Waals surface area contributed by atoms with Gasteiger partial charge in [-0.1, -0.05) is 6.92 Å². The number of nitrogens with one attached hydrogen (secondary N) is 1. The van der Waals surface area contributed by atoms with E-state index in [1.807, 2.05) is 11.0 Å². The topological polar surface area (TPSA) is 38.8 Å². The fourth-order valence-electron chi connectivity index (χ4n) is 3.74. The number of anilines is 2. The molecule has 6 heteroatoms. The van der Waals surface area contributed by atoms with E-state index in [0.29, 0.717) is 11.6 Å². The zero-order valence-electron chi connectivity index (χ0n) is 15.3. The maximum atomic E-state index is 14.0. The third-order valence-electron chi connectivity index (χ3n) is 5.29. The smallest absolute Gasteiger partial charge is 0.321 e. The number of nitrogens with zero attached hydrogens (tertiary/aromatic N) is 3. The van der Waals surface area contributed by atoms with Gasteiger partial charge in [-0.2, -0.15) is 0 Å². The first kappa shape index (κ1) is 18.0. The second-order valence-corrected chi connectivity index (χ2v) is 7.28. The van der Waals surface area contributed by atoms with Crippen molar-refractivity contribution >= 4 is 17.4 Å². The number of carbonyl (C=O) groups excluding carboxylic acids is 1. The number of urea groups is 1. The van der Waals surface area contributed by atoms with Gasteiger partial charge in [0.1, 0.15) is 5.82 Å². The number of carbonyl (C=O) groups is 1. The van der Waals surface area contributed by atoms with Crippen molar-refractivity contribution in [1.82, 2.24) is 9.80 Å². The van der Waals surface area contributed by atoms with E-state index in [-0.39, 0.29) is 11.8 Å². The highest BCUT2D eigenvalue weighted by Crippen LogP contribution is 2.26. The predicted octanol–water partition coefficient (Wildman–Crippen LogP) is 3.23. The van der Waals surface area contributed by atoms with Gasteiger partial charge in [0.15, 0.2) is 0 Å². The molecule has 1 aromatic rings. The van der Waals surface area contributed by atoms with Crippen LogP contribution in [0.1, 0.15) is 26.2 Å². The van der Waals surface area contributed by atoms with Crippen LogP contribution in [0.25, 0.3) is 0 Å². The van der Waals surface area contributed by atoms with Gasteiger partial charge in [-0.3, -0.25) is 0 Å². The average Bonchev–Trinajstić information content (AvgIpc) is 3.26. The van der Waals surface area contributed by atoms with Crippen LogP contribution in [0.2, 0.25) is 0 Å². The normalized spacial score (nSPS) is 20.6. The monoisotopic (exact) mass is 348 g/mol. The minimum Gasteiger partial charge on any atom is -0.371 e. The molecule has 3 rings (SSSR count). The number of hydrogen-bond donors (Lipinski definition) is 1. The highest BCUT2D eigenvalue weighted by atomic mass is 19.1. The van der Waals surface area contributed by atoms with Crippen molar-refractivity contribution in [1.29, 1.82) is 0 Å². The molecule has 1 aromatic carbocycles. The summed E-state index contributed by atoms with van der Waals surface area (Å²) < 4.78 is 14.0. The lowest BCUT2D eigenvalue weighted by Gasteiger charge is -2.22. The molecule has 2 aliphatic heterocycles. The molecular weight excluding hydrogens is 319 g/mol. The summed E-state index contributed by atoms with van der Waals surface area (Å²) >= 11 is 0. The number of hydrogen-bond acceptors (Lipinski definition) is 3. The van der Waals surface area contributed by atoms with Crippen molar-refractivity contribution in [2.45, 2.75) is 26.2 Å². The van der Waals surface area contributed by atoms with E-state index in [1.165, 1.54) is 6.07 Å². The second-order valence-electron chi connectivity index (χ2n) is 7.28. The Kier molecular flexibility index (Phi) is 5.78. The Labute approximate surface area is 149 Å². The van der Waals surface area contributed by atoms with Gasteiger partial charge >= 0.3 is 6.03 Å². The van der Waals surface area contributed by atoms with Gasteiger partial charge in [-0.15, -0.1) is 0 Å². The molecule has 2 aliphatic rings. The molecule has 0 spiro atoms. The Morgan fingerprint density at radius 3 is 2.76 bits per heavy atom. The van der Waals surface area contributed by atoms with Crippen molar-refractivity contribution in [3.63, 3.8) is 0 Å². The molecule has 0 unspecified atom stereocenters. The van der Waals surface area contributed by atoms with E-state index in [4.69, 9.17) is 0 Å². The maximum absolute atomic E-state index is 14.0. The lowest BCUT2D eigenvalue weighted by molar-refractivity contribution is 0.218. The zero-order valence-corrected chi connectivity index (χ0v) is 15.3. The molecule has 1 N–H and O–H groups in total. The molecule has 0 bridgehead atoms. The average molecular weight is 348 g/mol. The van der Waals surface area contributed by atoms with E-state index in [0.717, 1.165) is 64.2 Å². The van der Waals surface area contributed by atoms with Crippen molar-refractivity contribution in [3.05, 3.63) is 24.0 Å². The Bertz CT molecular complexity index is 603. The molecule has 138 valence electrons. The number of likely N-dealkylation sites (tertiary alicyclic amines) is 1. The number of halogens is 1. The molecule has 0 aliphatic carbocycles. The van der Waals surface area contributed by atoms with E-state index in [9.17, 15) is 9.18 Å². The van der Waals surface area contributed by atoms with E-state index >= 15 is 0 Å². The first-order chi connectivity index (χ1) is 12.0. The Morgan fingerprint density at radius 1 is 1.28 bits per heavy atom. The van der Waals surface area contributed by atoms with E-state index in [1.54, 1.807) is 6.07 Å². The van der Waals surface area contributed by atoms with Gasteiger partial charge in [-0.05, 0) is 57.0 Å². The predicted molar refractivity (Wildman–Crippen MR) is 99.7 cm³/mol.